The number of alkyl halides is 6. The number of benzene rings is 1. The van der Waals surface area contributed by atoms with Crippen LogP contribution in [-0.2, 0) is 0 Å². The first-order chi connectivity index (χ1) is 17.4. The highest BCUT2D eigenvalue weighted by atomic mass is 19.4. The van der Waals surface area contributed by atoms with E-state index in [1.54, 1.807) is 17.4 Å². The van der Waals surface area contributed by atoms with E-state index >= 15 is 0 Å². The van der Waals surface area contributed by atoms with Crippen molar-refractivity contribution in [2.75, 3.05) is 11.9 Å². The summed E-state index contributed by atoms with van der Waals surface area (Å²) in [7, 11) is 0. The standard InChI is InChI=1S/C22H18F6N8O/c23-21(24,25)12-33-20(37)35-16-3-1-2-13(6-16)17-11-32-19-7-14(10-34-36(17)19)15(8-30)9-31-18(4-5-29)22(26,27)28/h1-3,6-11,18H,4,12,30H2,(H2,33,35,37)/b15-8+,31-9?. The van der Waals surface area contributed by atoms with Crippen LogP contribution in [0.1, 0.15) is 12.0 Å². The van der Waals surface area contributed by atoms with E-state index in [9.17, 15) is 31.1 Å². The number of rotatable bonds is 7. The zero-order valence-electron chi connectivity index (χ0n) is 18.7. The predicted molar refractivity (Wildman–Crippen MR) is 122 cm³/mol. The summed E-state index contributed by atoms with van der Waals surface area (Å²) in [4.78, 5) is 19.4. The minimum absolute atomic E-state index is 0.114. The van der Waals surface area contributed by atoms with Crippen molar-refractivity contribution in [1.29, 1.82) is 5.26 Å². The Balaban J connectivity index is 1.82. The molecule has 0 bridgehead atoms. The molecule has 1 unspecified atom stereocenters. The molecule has 0 spiro atoms. The fourth-order valence-corrected chi connectivity index (χ4v) is 3.07. The molecule has 0 aliphatic carbocycles. The fraction of sp³-hybridized carbons (Fsp3) is 0.227. The number of imidazole rings is 1. The maximum absolute atomic E-state index is 13.0. The van der Waals surface area contributed by atoms with E-state index in [4.69, 9.17) is 11.0 Å². The van der Waals surface area contributed by atoms with Gasteiger partial charge in [-0.3, -0.25) is 4.99 Å². The summed E-state index contributed by atoms with van der Waals surface area (Å²) in [6, 6.07) is 5.88. The summed E-state index contributed by atoms with van der Waals surface area (Å²) < 4.78 is 77.3. The number of carbonyl (C=O) groups is 1. The number of hydrogen-bond acceptors (Lipinski definition) is 6. The number of hydrogen-bond donors (Lipinski definition) is 3. The second-order valence-corrected chi connectivity index (χ2v) is 7.48. The number of halogens is 6. The molecule has 9 nitrogen and oxygen atoms in total. The summed E-state index contributed by atoms with van der Waals surface area (Å²) >= 11 is 0. The van der Waals surface area contributed by atoms with Gasteiger partial charge in [-0.05, 0) is 18.2 Å². The molecule has 2 heterocycles. The van der Waals surface area contributed by atoms with Gasteiger partial charge in [-0.1, -0.05) is 12.1 Å². The van der Waals surface area contributed by atoms with E-state index in [1.165, 1.54) is 41.2 Å². The van der Waals surface area contributed by atoms with Gasteiger partial charge in [-0.25, -0.2) is 14.3 Å². The quantitative estimate of drug-likeness (QED) is 0.313. The van der Waals surface area contributed by atoms with Crippen LogP contribution in [0.15, 0.2) is 53.9 Å². The Morgan fingerprint density at radius 2 is 1.97 bits per heavy atom. The van der Waals surface area contributed by atoms with Gasteiger partial charge in [-0.2, -0.15) is 36.7 Å². The predicted octanol–water partition coefficient (Wildman–Crippen LogP) is 4.30. The number of fused-ring (bicyclic) bond motifs is 1. The smallest absolute Gasteiger partial charge is 0.404 e. The van der Waals surface area contributed by atoms with Gasteiger partial charge >= 0.3 is 18.4 Å². The molecule has 0 saturated carbocycles. The van der Waals surface area contributed by atoms with Crippen LogP contribution in [0.25, 0.3) is 22.5 Å². The third kappa shape index (κ3) is 7.19. The van der Waals surface area contributed by atoms with Gasteiger partial charge in [0.25, 0.3) is 0 Å². The van der Waals surface area contributed by atoms with E-state index in [0.29, 0.717) is 22.5 Å². The molecule has 3 rings (SSSR count). The summed E-state index contributed by atoms with van der Waals surface area (Å²) in [6.45, 7) is -1.49. The van der Waals surface area contributed by atoms with Gasteiger partial charge in [0.05, 0.1) is 30.6 Å². The van der Waals surface area contributed by atoms with Crippen LogP contribution in [0.2, 0.25) is 0 Å². The molecule has 4 N–H and O–H groups in total. The highest BCUT2D eigenvalue weighted by Crippen LogP contribution is 2.27. The number of nitriles is 1. The van der Waals surface area contributed by atoms with Crippen LogP contribution in [0.4, 0.5) is 36.8 Å². The van der Waals surface area contributed by atoms with Crippen molar-refractivity contribution in [3.8, 4) is 17.3 Å². The van der Waals surface area contributed by atoms with E-state index in [-0.39, 0.29) is 11.3 Å². The first kappa shape index (κ1) is 27.0. The van der Waals surface area contributed by atoms with Gasteiger partial charge < -0.3 is 16.4 Å². The summed E-state index contributed by atoms with van der Waals surface area (Å²) in [5.41, 5.74) is 7.47. The lowest BCUT2D eigenvalue weighted by molar-refractivity contribution is -0.145. The molecule has 15 heteroatoms. The minimum atomic E-state index is -4.70. The zero-order valence-corrected chi connectivity index (χ0v) is 18.7. The summed E-state index contributed by atoms with van der Waals surface area (Å²) in [5.74, 6) is 0. The lowest BCUT2D eigenvalue weighted by atomic mass is 10.1. The first-order valence-corrected chi connectivity index (χ1v) is 10.4. The molecule has 1 aromatic carbocycles. The molecule has 2 amide bonds. The topological polar surface area (TPSA) is 133 Å². The molecule has 37 heavy (non-hydrogen) atoms. The molecular weight excluding hydrogens is 506 g/mol. The number of anilines is 1. The van der Waals surface area contributed by atoms with Gasteiger partial charge in [0.1, 0.15) is 6.54 Å². The molecule has 0 aliphatic heterocycles. The van der Waals surface area contributed by atoms with Gasteiger partial charge in [0.15, 0.2) is 11.7 Å². The SMILES string of the molecule is N#CCC(N=C/C(=C\N)c1cnn2c(-c3cccc(NC(=O)NCC(F)(F)F)c3)cnc2c1)C(F)(F)F. The van der Waals surface area contributed by atoms with Crippen LogP contribution < -0.4 is 16.4 Å². The van der Waals surface area contributed by atoms with Crippen LogP contribution in [0.5, 0.6) is 0 Å². The number of aromatic nitrogens is 3. The average molecular weight is 524 g/mol. The Morgan fingerprint density at radius 1 is 1.22 bits per heavy atom. The number of urea groups is 1. The van der Waals surface area contributed by atoms with Crippen LogP contribution in [0.3, 0.4) is 0 Å². The highest BCUT2D eigenvalue weighted by Gasteiger charge is 2.39. The lowest BCUT2D eigenvalue weighted by Crippen LogP contribution is -2.36. The largest absolute Gasteiger partial charge is 0.411 e. The van der Waals surface area contributed by atoms with Crippen LogP contribution >= 0.6 is 0 Å². The molecule has 0 saturated heterocycles. The molecule has 194 valence electrons. The average Bonchev–Trinajstić information content (AvgIpc) is 3.25. The second-order valence-electron chi connectivity index (χ2n) is 7.48. The number of carbonyl (C=O) groups excluding carboxylic acids is 1. The van der Waals surface area contributed by atoms with E-state index in [1.807, 2.05) is 0 Å². The van der Waals surface area contributed by atoms with Crippen molar-refractivity contribution in [1.82, 2.24) is 19.9 Å². The van der Waals surface area contributed by atoms with Gasteiger partial charge in [0.2, 0.25) is 0 Å². The molecule has 0 fully saturated rings. The molecular formula is C22H18F6N8O. The summed E-state index contributed by atoms with van der Waals surface area (Å²) in [5, 5.41) is 16.9. The maximum Gasteiger partial charge on any atom is 0.411 e. The second kappa shape index (κ2) is 11.0. The minimum Gasteiger partial charge on any atom is -0.404 e. The Kier molecular flexibility index (Phi) is 8.01. The van der Waals surface area contributed by atoms with E-state index in [0.717, 1.165) is 12.4 Å². The third-order valence-electron chi connectivity index (χ3n) is 4.80. The lowest BCUT2D eigenvalue weighted by Gasteiger charge is -2.13. The van der Waals surface area contributed by atoms with Crippen molar-refractivity contribution in [2.24, 2.45) is 10.7 Å². The molecule has 0 aliphatic rings. The molecule has 1 atom stereocenters. The number of allylic oxidation sites excluding steroid dienone is 1. The first-order valence-electron chi connectivity index (χ1n) is 10.4. The fourth-order valence-electron chi connectivity index (χ4n) is 3.07. The Morgan fingerprint density at radius 3 is 2.62 bits per heavy atom. The van der Waals surface area contributed by atoms with Gasteiger partial charge in [0, 0.05) is 34.8 Å². The van der Waals surface area contributed by atoms with Crippen molar-refractivity contribution in [3.63, 3.8) is 0 Å². The zero-order chi connectivity index (χ0) is 27.2. The number of nitrogens with one attached hydrogen (secondary N) is 2. The monoisotopic (exact) mass is 524 g/mol. The van der Waals surface area contributed by atoms with Crippen LogP contribution in [-0.4, -0.2) is 51.8 Å². The van der Waals surface area contributed by atoms with Crippen molar-refractivity contribution >= 4 is 29.2 Å². The Bertz CT molecular complexity index is 1370. The number of amides is 2. The van der Waals surface area contributed by atoms with Crippen molar-refractivity contribution < 1.29 is 31.1 Å². The molecule has 2 aromatic heterocycles. The van der Waals surface area contributed by atoms with Gasteiger partial charge in [-0.15, -0.1) is 0 Å². The third-order valence-corrected chi connectivity index (χ3v) is 4.80. The summed E-state index contributed by atoms with van der Waals surface area (Å²) in [6.07, 6.45) is -5.39. The number of aliphatic imine (C=N–C) groups is 1. The van der Waals surface area contributed by atoms with Crippen molar-refractivity contribution in [2.45, 2.75) is 24.8 Å². The van der Waals surface area contributed by atoms with E-state index < -0.39 is 37.4 Å². The Labute approximate surface area is 205 Å². The maximum atomic E-state index is 13.0. The Hall–Kier alpha value is -4.61. The van der Waals surface area contributed by atoms with E-state index in [2.05, 4.69) is 20.4 Å². The normalized spacial score (nSPS) is 13.5. The molecule has 0 radical (unpaired) electrons. The highest BCUT2D eigenvalue weighted by molar-refractivity contribution is 6.09. The van der Waals surface area contributed by atoms with Crippen LogP contribution in [0, 0.1) is 11.3 Å². The molecule has 3 aromatic rings. The number of nitrogens with zero attached hydrogens (tertiary/aromatic N) is 5. The van der Waals surface area contributed by atoms with Crippen molar-refractivity contribution in [3.05, 3.63) is 54.5 Å². The number of nitrogens with two attached hydrogens (primary N) is 1.